The zero-order valence-corrected chi connectivity index (χ0v) is 11.7. The first kappa shape index (κ1) is 12.5. The van der Waals surface area contributed by atoms with Crippen molar-refractivity contribution in [2.45, 2.75) is 19.4 Å². The van der Waals surface area contributed by atoms with Crippen LogP contribution in [0.1, 0.15) is 12.2 Å². The Labute approximate surface area is 122 Å². The number of benzene rings is 1. The maximum Gasteiger partial charge on any atom is 0.281 e. The van der Waals surface area contributed by atoms with Crippen molar-refractivity contribution in [1.82, 2.24) is 14.5 Å². The molecule has 0 aliphatic carbocycles. The van der Waals surface area contributed by atoms with Crippen molar-refractivity contribution in [3.63, 3.8) is 0 Å². The van der Waals surface area contributed by atoms with Crippen LogP contribution >= 0.6 is 11.3 Å². The van der Waals surface area contributed by atoms with E-state index in [0.717, 1.165) is 18.7 Å². The summed E-state index contributed by atoms with van der Waals surface area (Å²) in [6.07, 6.45) is 1.76. The Kier molecular flexibility index (Phi) is 2.75. The van der Waals surface area contributed by atoms with Gasteiger partial charge in [0.1, 0.15) is 17.4 Å². The Bertz CT molecular complexity index is 886. The summed E-state index contributed by atoms with van der Waals surface area (Å²) in [6, 6.07) is 5.65. The van der Waals surface area contributed by atoms with Gasteiger partial charge in [0.2, 0.25) is 0 Å². The number of fused-ring (bicyclic) bond motifs is 2. The third kappa shape index (κ3) is 2.09. The highest BCUT2D eigenvalue weighted by molar-refractivity contribution is 7.19. The molecule has 0 bridgehead atoms. The predicted molar refractivity (Wildman–Crippen MR) is 76.5 cm³/mol. The van der Waals surface area contributed by atoms with Crippen LogP contribution in [-0.4, -0.2) is 14.5 Å². The molecule has 4 rings (SSSR count). The second-order valence-electron chi connectivity index (χ2n) is 4.78. The van der Waals surface area contributed by atoms with E-state index in [1.165, 1.54) is 35.6 Å². The van der Waals surface area contributed by atoms with Crippen LogP contribution in [0.5, 0.6) is 10.9 Å². The van der Waals surface area contributed by atoms with Crippen LogP contribution in [0.4, 0.5) is 4.39 Å². The second kappa shape index (κ2) is 4.63. The summed E-state index contributed by atoms with van der Waals surface area (Å²) in [7, 11) is 0. The van der Waals surface area contributed by atoms with Gasteiger partial charge in [-0.15, -0.1) is 0 Å². The monoisotopic (exact) mass is 303 g/mol. The fourth-order valence-corrected chi connectivity index (χ4v) is 3.22. The molecule has 0 N–H and O–H groups in total. The van der Waals surface area contributed by atoms with Crippen molar-refractivity contribution in [3.8, 4) is 10.9 Å². The van der Waals surface area contributed by atoms with Gasteiger partial charge in [-0.3, -0.25) is 9.36 Å². The fourth-order valence-electron chi connectivity index (χ4n) is 2.39. The van der Waals surface area contributed by atoms with Gasteiger partial charge in [0, 0.05) is 13.0 Å². The Balaban J connectivity index is 1.76. The number of aryl methyl sites for hydroxylation is 1. The zero-order valence-electron chi connectivity index (χ0n) is 10.9. The maximum atomic E-state index is 12.9. The molecule has 1 aliphatic rings. The van der Waals surface area contributed by atoms with E-state index < -0.39 is 0 Å². The molecular weight excluding hydrogens is 293 g/mol. The molecule has 0 fully saturated rings. The van der Waals surface area contributed by atoms with Crippen molar-refractivity contribution < 1.29 is 9.13 Å². The third-order valence-electron chi connectivity index (χ3n) is 3.38. The highest BCUT2D eigenvalue weighted by atomic mass is 32.1. The fraction of sp³-hybridized carbons (Fsp3) is 0.214. The molecule has 3 aromatic rings. The van der Waals surface area contributed by atoms with Crippen LogP contribution in [0, 0.1) is 5.82 Å². The molecule has 0 atom stereocenters. The van der Waals surface area contributed by atoms with Crippen LogP contribution in [0.15, 0.2) is 29.1 Å². The van der Waals surface area contributed by atoms with Crippen LogP contribution < -0.4 is 10.3 Å². The maximum absolute atomic E-state index is 12.9. The van der Waals surface area contributed by atoms with Crippen LogP contribution in [0.3, 0.4) is 0 Å². The molecule has 2 aromatic heterocycles. The first-order chi connectivity index (χ1) is 10.2. The Morgan fingerprint density at radius 3 is 2.86 bits per heavy atom. The highest BCUT2D eigenvalue weighted by Gasteiger charge is 2.19. The second-order valence-corrected chi connectivity index (χ2v) is 5.72. The SMILES string of the molecule is O=c1c2nc(Oc3ccc(F)cc3)sc2nc2n1CCC2. The van der Waals surface area contributed by atoms with Crippen molar-refractivity contribution in [1.29, 1.82) is 0 Å². The van der Waals surface area contributed by atoms with Crippen LogP contribution in [0.25, 0.3) is 10.3 Å². The predicted octanol–water partition coefficient (Wildman–Crippen LogP) is 2.73. The molecule has 5 nitrogen and oxygen atoms in total. The molecule has 0 spiro atoms. The normalized spacial score (nSPS) is 13.6. The highest BCUT2D eigenvalue weighted by Crippen LogP contribution is 2.29. The van der Waals surface area contributed by atoms with E-state index in [9.17, 15) is 9.18 Å². The molecule has 1 aliphatic heterocycles. The lowest BCUT2D eigenvalue weighted by Gasteiger charge is -1.99. The minimum absolute atomic E-state index is 0.113. The summed E-state index contributed by atoms with van der Waals surface area (Å²) in [5.41, 5.74) is 0.223. The lowest BCUT2D eigenvalue weighted by molar-refractivity contribution is 0.478. The molecule has 0 amide bonds. The lowest BCUT2D eigenvalue weighted by atomic mass is 10.3. The molecular formula is C14H10FN3O2S. The molecule has 106 valence electrons. The molecule has 1 aromatic carbocycles. The molecule has 0 unspecified atom stereocenters. The Hall–Kier alpha value is -2.28. The number of thiazole rings is 1. The number of rotatable bonds is 2. The number of hydrogen-bond donors (Lipinski definition) is 0. The number of aromatic nitrogens is 3. The third-order valence-corrected chi connectivity index (χ3v) is 4.21. The minimum atomic E-state index is -0.331. The number of ether oxygens (including phenoxy) is 1. The molecule has 7 heteroatoms. The van der Waals surface area contributed by atoms with Crippen molar-refractivity contribution >= 4 is 21.7 Å². The van der Waals surface area contributed by atoms with E-state index in [2.05, 4.69) is 9.97 Å². The summed E-state index contributed by atoms with van der Waals surface area (Å²) in [5.74, 6) is 0.954. The number of halogens is 1. The van der Waals surface area contributed by atoms with Gasteiger partial charge in [-0.25, -0.2) is 9.37 Å². The van der Waals surface area contributed by atoms with Gasteiger partial charge in [0.15, 0.2) is 10.3 Å². The zero-order chi connectivity index (χ0) is 14.4. The van der Waals surface area contributed by atoms with Crippen molar-refractivity contribution in [2.24, 2.45) is 0 Å². The Morgan fingerprint density at radius 2 is 2.05 bits per heavy atom. The quantitative estimate of drug-likeness (QED) is 0.730. The van der Waals surface area contributed by atoms with Gasteiger partial charge in [-0.1, -0.05) is 11.3 Å². The molecule has 0 saturated heterocycles. The average molecular weight is 303 g/mol. The molecule has 21 heavy (non-hydrogen) atoms. The van der Waals surface area contributed by atoms with Gasteiger partial charge in [-0.05, 0) is 30.7 Å². The van der Waals surface area contributed by atoms with E-state index in [0.29, 0.717) is 27.8 Å². The molecule has 0 radical (unpaired) electrons. The summed E-state index contributed by atoms with van der Waals surface area (Å²) in [6.45, 7) is 0.697. The van der Waals surface area contributed by atoms with Crippen LogP contribution in [0.2, 0.25) is 0 Å². The average Bonchev–Trinajstić information content (AvgIpc) is 3.08. The topological polar surface area (TPSA) is 57.0 Å². The smallest absolute Gasteiger partial charge is 0.281 e. The number of hydrogen-bond acceptors (Lipinski definition) is 5. The van der Waals surface area contributed by atoms with E-state index in [1.54, 1.807) is 4.57 Å². The van der Waals surface area contributed by atoms with Gasteiger partial charge in [0.25, 0.3) is 10.8 Å². The molecule has 0 saturated carbocycles. The summed E-state index contributed by atoms with van der Waals surface area (Å²) >= 11 is 1.22. The molecule has 3 heterocycles. The largest absolute Gasteiger partial charge is 0.431 e. The first-order valence-corrected chi connectivity index (χ1v) is 7.36. The van der Waals surface area contributed by atoms with Crippen LogP contribution in [-0.2, 0) is 13.0 Å². The van der Waals surface area contributed by atoms with Gasteiger partial charge in [0.05, 0.1) is 0 Å². The summed E-state index contributed by atoms with van der Waals surface area (Å²) in [5, 5.41) is 0.338. The van der Waals surface area contributed by atoms with Gasteiger partial charge >= 0.3 is 0 Å². The van der Waals surface area contributed by atoms with E-state index in [-0.39, 0.29) is 11.4 Å². The van der Waals surface area contributed by atoms with E-state index in [1.807, 2.05) is 0 Å². The lowest BCUT2D eigenvalue weighted by Crippen LogP contribution is -2.20. The number of nitrogens with zero attached hydrogens (tertiary/aromatic N) is 3. The van der Waals surface area contributed by atoms with Crippen molar-refractivity contribution in [2.75, 3.05) is 0 Å². The van der Waals surface area contributed by atoms with E-state index in [4.69, 9.17) is 4.74 Å². The minimum Gasteiger partial charge on any atom is -0.431 e. The Morgan fingerprint density at radius 1 is 1.24 bits per heavy atom. The first-order valence-electron chi connectivity index (χ1n) is 6.54. The van der Waals surface area contributed by atoms with Gasteiger partial charge < -0.3 is 4.74 Å². The summed E-state index contributed by atoms with van der Waals surface area (Å²) in [4.78, 5) is 21.6. The summed E-state index contributed by atoms with van der Waals surface area (Å²) < 4.78 is 20.1. The van der Waals surface area contributed by atoms with Gasteiger partial charge in [-0.2, -0.15) is 4.98 Å². The van der Waals surface area contributed by atoms with E-state index >= 15 is 0 Å². The standard InChI is InChI=1S/C14H10FN3O2S/c15-8-3-5-9(6-4-8)20-14-17-11-12(21-14)16-10-2-1-7-18(10)13(11)19/h3-6H,1-2,7H2. The van der Waals surface area contributed by atoms with Crippen molar-refractivity contribution in [3.05, 3.63) is 46.3 Å².